The van der Waals surface area contributed by atoms with Gasteiger partial charge in [0.05, 0.1) is 11.1 Å². The minimum absolute atomic E-state index is 0.152. The lowest BCUT2D eigenvalue weighted by atomic mass is 10.0. The Bertz CT molecular complexity index is 1000. The largest absolute Gasteiger partial charge is 0.423 e. The highest BCUT2D eigenvalue weighted by molar-refractivity contribution is 5.91. The molecule has 5 heteroatoms. The maximum atomic E-state index is 14.6. The van der Waals surface area contributed by atoms with Gasteiger partial charge in [0, 0.05) is 18.5 Å². The summed E-state index contributed by atoms with van der Waals surface area (Å²) in [7, 11) is 0. The van der Waals surface area contributed by atoms with Gasteiger partial charge in [-0.3, -0.25) is 0 Å². The number of hydrogen-bond acceptors (Lipinski definition) is 4. The van der Waals surface area contributed by atoms with Crippen LogP contribution in [-0.4, -0.2) is 15.9 Å². The molecule has 3 aromatic rings. The summed E-state index contributed by atoms with van der Waals surface area (Å²) in [5.74, 6) is -0.576. The number of aryl methyl sites for hydroxylation is 2. The lowest BCUT2D eigenvalue weighted by molar-refractivity contribution is 0.0734. The summed E-state index contributed by atoms with van der Waals surface area (Å²) in [5.41, 5.74) is 2.94. The van der Waals surface area contributed by atoms with Crippen LogP contribution in [-0.2, 0) is 12.8 Å². The van der Waals surface area contributed by atoms with E-state index in [4.69, 9.17) is 4.74 Å². The van der Waals surface area contributed by atoms with E-state index in [-0.39, 0.29) is 11.3 Å². The van der Waals surface area contributed by atoms with E-state index in [0.717, 1.165) is 31.2 Å². The van der Waals surface area contributed by atoms with E-state index in [1.807, 2.05) is 12.1 Å². The van der Waals surface area contributed by atoms with Crippen LogP contribution in [0.1, 0.15) is 73.9 Å². The van der Waals surface area contributed by atoms with Crippen molar-refractivity contribution in [3.05, 3.63) is 77.4 Å². The molecule has 0 unspecified atom stereocenters. The Morgan fingerprint density at radius 2 is 1.56 bits per heavy atom. The molecule has 0 aliphatic heterocycles. The average molecular weight is 435 g/mol. The fourth-order valence-electron chi connectivity index (χ4n) is 3.56. The molecule has 0 spiro atoms. The first-order valence-electron chi connectivity index (χ1n) is 11.5. The Kier molecular flexibility index (Phi) is 8.90. The maximum Gasteiger partial charge on any atom is 0.343 e. The van der Waals surface area contributed by atoms with Gasteiger partial charge in [0.15, 0.2) is 5.82 Å². The maximum absolute atomic E-state index is 14.6. The number of nitrogens with zero attached hydrogens (tertiary/aromatic N) is 2. The second-order valence-electron chi connectivity index (χ2n) is 8.06. The van der Waals surface area contributed by atoms with Crippen molar-refractivity contribution in [1.29, 1.82) is 0 Å². The first-order valence-corrected chi connectivity index (χ1v) is 11.5. The second-order valence-corrected chi connectivity index (χ2v) is 8.06. The molecule has 0 aliphatic rings. The Hall–Kier alpha value is -3.08. The average Bonchev–Trinajstić information content (AvgIpc) is 2.80. The quantitative estimate of drug-likeness (QED) is 0.186. The molecule has 0 saturated heterocycles. The third-order valence-electron chi connectivity index (χ3n) is 5.39. The summed E-state index contributed by atoms with van der Waals surface area (Å²) in [6.07, 6.45) is 12.5. The molecule has 0 atom stereocenters. The number of aromatic nitrogens is 2. The second kappa shape index (κ2) is 12.1. The smallest absolute Gasteiger partial charge is 0.343 e. The van der Waals surface area contributed by atoms with E-state index < -0.39 is 11.8 Å². The summed E-state index contributed by atoms with van der Waals surface area (Å²) in [4.78, 5) is 21.0. The lowest BCUT2D eigenvalue weighted by Crippen LogP contribution is -2.09. The molecule has 0 amide bonds. The predicted molar refractivity (Wildman–Crippen MR) is 125 cm³/mol. The number of hydrogen-bond donors (Lipinski definition) is 0. The van der Waals surface area contributed by atoms with Crippen LogP contribution in [0.3, 0.4) is 0 Å². The molecule has 0 aliphatic carbocycles. The van der Waals surface area contributed by atoms with Crippen molar-refractivity contribution < 1.29 is 13.9 Å². The fraction of sp³-hybridized carbons (Fsp3) is 0.370. The molecule has 0 radical (unpaired) electrons. The van der Waals surface area contributed by atoms with Gasteiger partial charge in [-0.05, 0) is 54.7 Å². The number of ether oxygens (including phenoxy) is 1. The fourth-order valence-corrected chi connectivity index (χ4v) is 3.56. The third kappa shape index (κ3) is 6.71. The molecule has 0 N–H and O–H groups in total. The van der Waals surface area contributed by atoms with Crippen LogP contribution in [0.4, 0.5) is 4.39 Å². The SMILES string of the molecule is CCCCCCCc1ccc(C(=O)Oc2ccc(-c3ncc(CCC)cn3)c(F)c2)cc1. The highest BCUT2D eigenvalue weighted by Crippen LogP contribution is 2.24. The Morgan fingerprint density at radius 3 is 2.22 bits per heavy atom. The molecule has 0 saturated carbocycles. The van der Waals surface area contributed by atoms with Gasteiger partial charge in [-0.1, -0.05) is 58.1 Å². The zero-order valence-corrected chi connectivity index (χ0v) is 18.9. The summed E-state index contributed by atoms with van der Waals surface area (Å²) in [6.45, 7) is 4.29. The molecule has 3 rings (SSSR count). The van der Waals surface area contributed by atoms with E-state index in [1.54, 1.807) is 30.6 Å². The van der Waals surface area contributed by atoms with Gasteiger partial charge < -0.3 is 4.74 Å². The van der Waals surface area contributed by atoms with Crippen molar-refractivity contribution in [2.45, 2.75) is 65.2 Å². The van der Waals surface area contributed by atoms with E-state index in [9.17, 15) is 9.18 Å². The van der Waals surface area contributed by atoms with Crippen LogP contribution in [0.25, 0.3) is 11.4 Å². The number of carbonyl (C=O) groups excluding carboxylic acids is 1. The Balaban J connectivity index is 1.58. The van der Waals surface area contributed by atoms with Crippen molar-refractivity contribution in [3.63, 3.8) is 0 Å². The van der Waals surface area contributed by atoms with Gasteiger partial charge in [-0.25, -0.2) is 19.2 Å². The standard InChI is InChI=1S/C27H31FN2O2/c1-3-5-6-7-8-10-20-11-13-22(14-12-20)27(31)32-23-15-16-24(25(28)17-23)26-29-18-21(9-4-2)19-30-26/h11-19H,3-10H2,1-2H3. The molecule has 0 fully saturated rings. The molecule has 1 heterocycles. The van der Waals surface area contributed by atoms with Gasteiger partial charge in [0.2, 0.25) is 0 Å². The minimum Gasteiger partial charge on any atom is -0.423 e. The molecule has 168 valence electrons. The lowest BCUT2D eigenvalue weighted by Gasteiger charge is -2.08. The summed E-state index contributed by atoms with van der Waals surface area (Å²) >= 11 is 0. The zero-order chi connectivity index (χ0) is 22.8. The van der Waals surface area contributed by atoms with Gasteiger partial charge in [0.1, 0.15) is 11.6 Å². The van der Waals surface area contributed by atoms with Crippen molar-refractivity contribution in [1.82, 2.24) is 9.97 Å². The van der Waals surface area contributed by atoms with Crippen LogP contribution in [0.5, 0.6) is 5.75 Å². The first kappa shape index (κ1) is 23.6. The summed E-state index contributed by atoms with van der Waals surface area (Å²) in [5, 5.41) is 0. The van der Waals surface area contributed by atoms with Crippen molar-refractivity contribution >= 4 is 5.97 Å². The predicted octanol–water partition coefficient (Wildman–Crippen LogP) is 6.97. The number of benzene rings is 2. The van der Waals surface area contributed by atoms with Gasteiger partial charge >= 0.3 is 5.97 Å². The highest BCUT2D eigenvalue weighted by Gasteiger charge is 2.13. The number of halogens is 1. The molecule has 0 bridgehead atoms. The minimum atomic E-state index is -0.531. The van der Waals surface area contributed by atoms with E-state index in [1.165, 1.54) is 43.4 Å². The van der Waals surface area contributed by atoms with E-state index in [0.29, 0.717) is 11.4 Å². The van der Waals surface area contributed by atoms with E-state index in [2.05, 4.69) is 23.8 Å². The topological polar surface area (TPSA) is 52.1 Å². The van der Waals surface area contributed by atoms with Crippen LogP contribution < -0.4 is 4.74 Å². The van der Waals surface area contributed by atoms with Crippen molar-refractivity contribution in [2.24, 2.45) is 0 Å². The highest BCUT2D eigenvalue weighted by atomic mass is 19.1. The first-order chi connectivity index (χ1) is 15.6. The molecule has 4 nitrogen and oxygen atoms in total. The summed E-state index contributed by atoms with van der Waals surface area (Å²) < 4.78 is 20.0. The third-order valence-corrected chi connectivity index (χ3v) is 5.39. The van der Waals surface area contributed by atoms with Gasteiger partial charge in [-0.2, -0.15) is 0 Å². The van der Waals surface area contributed by atoms with Crippen LogP contribution >= 0.6 is 0 Å². The van der Waals surface area contributed by atoms with Crippen LogP contribution in [0, 0.1) is 5.82 Å². The molecule has 2 aromatic carbocycles. The van der Waals surface area contributed by atoms with Crippen molar-refractivity contribution in [3.8, 4) is 17.1 Å². The van der Waals surface area contributed by atoms with Gasteiger partial charge in [0.25, 0.3) is 0 Å². The molecule has 32 heavy (non-hydrogen) atoms. The monoisotopic (exact) mass is 434 g/mol. The molecular formula is C27H31FN2O2. The van der Waals surface area contributed by atoms with E-state index >= 15 is 0 Å². The van der Waals surface area contributed by atoms with Crippen molar-refractivity contribution in [2.75, 3.05) is 0 Å². The number of unbranched alkanes of at least 4 members (excludes halogenated alkanes) is 4. The van der Waals surface area contributed by atoms with Crippen LogP contribution in [0.15, 0.2) is 54.9 Å². The number of rotatable bonds is 11. The zero-order valence-electron chi connectivity index (χ0n) is 18.9. The number of esters is 1. The Labute approximate surface area is 189 Å². The molecule has 1 aromatic heterocycles. The van der Waals surface area contributed by atoms with Gasteiger partial charge in [-0.15, -0.1) is 0 Å². The summed E-state index contributed by atoms with van der Waals surface area (Å²) in [6, 6.07) is 11.7. The molecular weight excluding hydrogens is 403 g/mol. The normalized spacial score (nSPS) is 10.8. The number of carbonyl (C=O) groups is 1. The van der Waals surface area contributed by atoms with Crippen LogP contribution in [0.2, 0.25) is 0 Å². The Morgan fingerprint density at radius 1 is 0.844 bits per heavy atom.